The van der Waals surface area contributed by atoms with E-state index >= 15 is 0 Å². The van der Waals surface area contributed by atoms with Crippen LogP contribution in [0.4, 0.5) is 0 Å². The number of phenols is 1. The van der Waals surface area contributed by atoms with Gasteiger partial charge >= 0.3 is 5.97 Å². The van der Waals surface area contributed by atoms with Crippen molar-refractivity contribution in [2.45, 2.75) is 19.3 Å². The number of carboxylic acids is 1. The first kappa shape index (κ1) is 14.7. The second kappa shape index (κ2) is 6.13. The highest BCUT2D eigenvalue weighted by Gasteiger charge is 2.26. The third-order valence-corrected chi connectivity index (χ3v) is 3.79. The minimum absolute atomic E-state index is 0.121. The van der Waals surface area contributed by atoms with Crippen molar-refractivity contribution in [1.29, 1.82) is 0 Å². The van der Waals surface area contributed by atoms with Crippen LogP contribution in [0.1, 0.15) is 29.6 Å². The number of carboxylic acid groups (broad SMARTS) is 1. The summed E-state index contributed by atoms with van der Waals surface area (Å²) in [5, 5.41) is 18.9. The number of hydrogen-bond donors (Lipinski definition) is 2. The second-order valence-corrected chi connectivity index (χ2v) is 5.43. The highest BCUT2D eigenvalue weighted by Crippen LogP contribution is 2.26. The maximum atomic E-state index is 12.3. The lowest BCUT2D eigenvalue weighted by molar-refractivity contribution is -0.138. The van der Waals surface area contributed by atoms with Crippen molar-refractivity contribution in [3.63, 3.8) is 0 Å². The number of phenolic OH excluding ortho intramolecular Hbond substituents is 1. The number of halogens is 1. The number of aromatic hydroxyl groups is 1. The summed E-state index contributed by atoms with van der Waals surface area (Å²) in [5.74, 6) is -1.05. The number of carbonyl (C=O) groups is 2. The predicted octanol–water partition coefficient (Wildman–Crippen LogP) is 2.37. The number of likely N-dealkylation sites (tertiary alicyclic amines) is 1. The molecule has 0 bridgehead atoms. The van der Waals surface area contributed by atoms with Gasteiger partial charge in [0.2, 0.25) is 0 Å². The summed E-state index contributed by atoms with van der Waals surface area (Å²) < 4.78 is 0. The van der Waals surface area contributed by atoms with Crippen LogP contribution in [0.25, 0.3) is 0 Å². The van der Waals surface area contributed by atoms with E-state index in [1.807, 2.05) is 0 Å². The van der Waals surface area contributed by atoms with Crippen LogP contribution in [-0.4, -0.2) is 40.1 Å². The molecule has 0 saturated carbocycles. The molecule has 1 amide bonds. The Labute approximate surface area is 121 Å². The number of benzene rings is 1. The Balaban J connectivity index is 1.99. The van der Waals surface area contributed by atoms with Crippen molar-refractivity contribution < 1.29 is 19.8 Å². The summed E-state index contributed by atoms with van der Waals surface area (Å²) in [6, 6.07) is 4.40. The molecule has 2 N–H and O–H groups in total. The maximum Gasteiger partial charge on any atom is 0.303 e. The molecule has 0 atom stereocenters. The number of nitrogens with zero attached hydrogens (tertiary/aromatic N) is 1. The lowest BCUT2D eigenvalue weighted by Crippen LogP contribution is -2.38. The molecule has 0 radical (unpaired) electrons. The second-order valence-electron chi connectivity index (χ2n) is 4.99. The Kier molecular flexibility index (Phi) is 4.49. The highest BCUT2D eigenvalue weighted by molar-refractivity contribution is 6.30. The van der Waals surface area contributed by atoms with Crippen LogP contribution in [-0.2, 0) is 4.79 Å². The van der Waals surface area contributed by atoms with E-state index in [0.717, 1.165) is 0 Å². The van der Waals surface area contributed by atoms with Gasteiger partial charge in [0, 0.05) is 24.5 Å². The van der Waals surface area contributed by atoms with Crippen LogP contribution < -0.4 is 0 Å². The average molecular weight is 298 g/mol. The van der Waals surface area contributed by atoms with Gasteiger partial charge in [-0.05, 0) is 37.0 Å². The first-order valence-corrected chi connectivity index (χ1v) is 6.84. The molecule has 1 aromatic carbocycles. The number of rotatable bonds is 3. The summed E-state index contributed by atoms with van der Waals surface area (Å²) in [5.41, 5.74) is 0.228. The summed E-state index contributed by atoms with van der Waals surface area (Å²) in [6.07, 6.45) is 1.49. The molecule has 20 heavy (non-hydrogen) atoms. The molecule has 5 nitrogen and oxygen atoms in total. The quantitative estimate of drug-likeness (QED) is 0.898. The molecule has 0 aromatic heterocycles. The van der Waals surface area contributed by atoms with Gasteiger partial charge in [0.1, 0.15) is 5.75 Å². The number of carbonyl (C=O) groups excluding carboxylic acids is 1. The Morgan fingerprint density at radius 1 is 1.30 bits per heavy atom. The van der Waals surface area contributed by atoms with Crippen molar-refractivity contribution in [2.75, 3.05) is 13.1 Å². The number of hydrogen-bond acceptors (Lipinski definition) is 3. The zero-order valence-corrected chi connectivity index (χ0v) is 11.6. The summed E-state index contributed by atoms with van der Waals surface area (Å²) in [7, 11) is 0. The molecule has 0 spiro atoms. The number of amides is 1. The Bertz CT molecular complexity index is 524. The van der Waals surface area contributed by atoms with E-state index < -0.39 is 5.97 Å². The first-order valence-electron chi connectivity index (χ1n) is 6.47. The fourth-order valence-electron chi connectivity index (χ4n) is 2.44. The van der Waals surface area contributed by atoms with Gasteiger partial charge in [-0.3, -0.25) is 9.59 Å². The molecular weight excluding hydrogens is 282 g/mol. The number of piperidine rings is 1. The van der Waals surface area contributed by atoms with Gasteiger partial charge in [0.05, 0.1) is 5.56 Å². The normalized spacial score (nSPS) is 16.1. The predicted molar refractivity (Wildman–Crippen MR) is 74.0 cm³/mol. The molecule has 108 valence electrons. The van der Waals surface area contributed by atoms with E-state index in [4.69, 9.17) is 16.7 Å². The topological polar surface area (TPSA) is 77.8 Å². The van der Waals surface area contributed by atoms with Crippen LogP contribution in [0, 0.1) is 5.92 Å². The molecular formula is C14H16ClNO4. The maximum absolute atomic E-state index is 12.3. The molecule has 1 aliphatic heterocycles. The van der Waals surface area contributed by atoms with Gasteiger partial charge in [-0.2, -0.15) is 0 Å². The fraction of sp³-hybridized carbons (Fsp3) is 0.429. The lowest BCUT2D eigenvalue weighted by atomic mass is 9.93. The summed E-state index contributed by atoms with van der Waals surface area (Å²) in [4.78, 5) is 24.6. The third-order valence-electron chi connectivity index (χ3n) is 3.56. The summed E-state index contributed by atoms with van der Waals surface area (Å²) >= 11 is 5.73. The highest BCUT2D eigenvalue weighted by atomic mass is 35.5. The molecule has 0 unspecified atom stereocenters. The minimum Gasteiger partial charge on any atom is -0.507 e. The molecule has 1 saturated heterocycles. The van der Waals surface area contributed by atoms with E-state index in [9.17, 15) is 14.7 Å². The molecule has 1 fully saturated rings. The van der Waals surface area contributed by atoms with Gasteiger partial charge in [-0.1, -0.05) is 11.6 Å². The zero-order valence-electron chi connectivity index (χ0n) is 10.9. The van der Waals surface area contributed by atoms with Crippen molar-refractivity contribution >= 4 is 23.5 Å². The molecule has 1 aliphatic rings. The zero-order chi connectivity index (χ0) is 14.7. The summed E-state index contributed by atoms with van der Waals surface area (Å²) in [6.45, 7) is 1.03. The average Bonchev–Trinajstić information content (AvgIpc) is 2.38. The first-order chi connectivity index (χ1) is 9.47. The van der Waals surface area contributed by atoms with E-state index in [1.165, 1.54) is 12.1 Å². The Hall–Kier alpha value is -1.75. The van der Waals surface area contributed by atoms with Gasteiger partial charge in [-0.15, -0.1) is 0 Å². The van der Waals surface area contributed by atoms with Crippen LogP contribution in [0.5, 0.6) is 5.75 Å². The molecule has 1 heterocycles. The fourth-order valence-corrected chi connectivity index (χ4v) is 2.61. The molecule has 2 rings (SSSR count). The van der Waals surface area contributed by atoms with E-state index in [2.05, 4.69) is 0 Å². The largest absolute Gasteiger partial charge is 0.507 e. The van der Waals surface area contributed by atoms with E-state index in [-0.39, 0.29) is 29.6 Å². The van der Waals surface area contributed by atoms with Crippen LogP contribution >= 0.6 is 11.6 Å². The van der Waals surface area contributed by atoms with Gasteiger partial charge < -0.3 is 15.1 Å². The van der Waals surface area contributed by atoms with Crippen molar-refractivity contribution in [1.82, 2.24) is 4.90 Å². The van der Waals surface area contributed by atoms with E-state index in [0.29, 0.717) is 31.0 Å². The van der Waals surface area contributed by atoms with Crippen molar-refractivity contribution in [2.24, 2.45) is 5.92 Å². The molecule has 6 heteroatoms. The van der Waals surface area contributed by atoms with Crippen molar-refractivity contribution in [3.8, 4) is 5.75 Å². The van der Waals surface area contributed by atoms with Crippen molar-refractivity contribution in [3.05, 3.63) is 28.8 Å². The smallest absolute Gasteiger partial charge is 0.303 e. The Morgan fingerprint density at radius 2 is 1.95 bits per heavy atom. The van der Waals surface area contributed by atoms with Crippen LogP contribution in [0.2, 0.25) is 5.02 Å². The van der Waals surface area contributed by atoms with Crippen LogP contribution in [0.3, 0.4) is 0 Å². The minimum atomic E-state index is -0.801. The monoisotopic (exact) mass is 297 g/mol. The van der Waals surface area contributed by atoms with Gasteiger partial charge in [-0.25, -0.2) is 0 Å². The molecule has 1 aromatic rings. The standard InChI is InChI=1S/C14H16ClNO4/c15-10-1-2-11(12(17)8-10)14(20)16-5-3-9(4-6-16)7-13(18)19/h1-2,8-9,17H,3-7H2,(H,18,19). The third kappa shape index (κ3) is 3.42. The molecule has 0 aliphatic carbocycles. The SMILES string of the molecule is O=C(O)CC1CCN(C(=O)c2ccc(Cl)cc2O)CC1. The Morgan fingerprint density at radius 3 is 2.50 bits per heavy atom. The lowest BCUT2D eigenvalue weighted by Gasteiger charge is -2.31. The van der Waals surface area contributed by atoms with Gasteiger partial charge in [0.25, 0.3) is 5.91 Å². The van der Waals surface area contributed by atoms with E-state index in [1.54, 1.807) is 11.0 Å². The van der Waals surface area contributed by atoms with Crippen LogP contribution in [0.15, 0.2) is 18.2 Å². The van der Waals surface area contributed by atoms with Gasteiger partial charge in [0.15, 0.2) is 0 Å². The number of aliphatic carboxylic acids is 1.